The van der Waals surface area contributed by atoms with Gasteiger partial charge in [-0.15, -0.1) is 0 Å². The molecule has 22 heavy (non-hydrogen) atoms. The van der Waals surface area contributed by atoms with Gasteiger partial charge in [-0.2, -0.15) is 0 Å². The monoisotopic (exact) mass is 322 g/mol. The quantitative estimate of drug-likeness (QED) is 0.836. The summed E-state index contributed by atoms with van der Waals surface area (Å²) in [7, 11) is 2.51. The van der Waals surface area contributed by atoms with Crippen LogP contribution in [-0.2, 0) is 22.0 Å². The minimum atomic E-state index is -0.705. The second kappa shape index (κ2) is 6.41. The van der Waals surface area contributed by atoms with E-state index in [0.717, 1.165) is 31.2 Å². The Morgan fingerprint density at radius 3 is 2.14 bits per heavy atom. The lowest BCUT2D eigenvalue weighted by Crippen LogP contribution is -2.32. The molecule has 5 heteroatoms. The Morgan fingerprint density at radius 2 is 1.64 bits per heavy atom. The van der Waals surface area contributed by atoms with E-state index in [1.165, 1.54) is 0 Å². The lowest BCUT2D eigenvalue weighted by Gasteiger charge is -2.26. The highest BCUT2D eigenvalue weighted by Gasteiger charge is 2.42. The Labute approximate surface area is 133 Å². The van der Waals surface area contributed by atoms with Gasteiger partial charge in [-0.25, -0.2) is 0 Å². The number of ether oxygens (including phenoxy) is 2. The van der Waals surface area contributed by atoms with Gasteiger partial charge in [-0.3, -0.25) is 9.00 Å². The van der Waals surface area contributed by atoms with E-state index in [9.17, 15) is 9.00 Å². The van der Waals surface area contributed by atoms with Gasteiger partial charge in [0.05, 0.1) is 14.2 Å². The molecule has 1 aromatic carbocycles. The van der Waals surface area contributed by atoms with Crippen molar-refractivity contribution >= 4 is 16.6 Å². The molecule has 0 aliphatic carbocycles. The standard InChI is InChI=1S/C17H22O4S/c1-20-13-5-11(6-14(10-13)21-2)7-17(18)12-8-15-3-4-16(9-12)22(15)19/h5-6,10,12,15-16H,3-4,7-9H2,1-2H3. The molecule has 3 rings (SSSR count). The fourth-order valence-electron chi connectivity index (χ4n) is 3.61. The molecule has 0 radical (unpaired) electrons. The number of hydrogen-bond donors (Lipinski definition) is 0. The second-order valence-electron chi connectivity index (χ2n) is 6.18. The first-order chi connectivity index (χ1) is 10.6. The summed E-state index contributed by atoms with van der Waals surface area (Å²) in [5.74, 6) is 1.72. The van der Waals surface area contributed by atoms with Crippen LogP contribution in [0.4, 0.5) is 0 Å². The first kappa shape index (κ1) is 15.5. The van der Waals surface area contributed by atoms with E-state index in [4.69, 9.17) is 9.47 Å². The van der Waals surface area contributed by atoms with Crippen molar-refractivity contribution in [3.63, 3.8) is 0 Å². The molecular weight excluding hydrogens is 300 g/mol. The largest absolute Gasteiger partial charge is 0.497 e. The van der Waals surface area contributed by atoms with E-state index < -0.39 is 10.8 Å². The van der Waals surface area contributed by atoms with Crippen LogP contribution in [0.25, 0.3) is 0 Å². The Morgan fingerprint density at radius 1 is 1.09 bits per heavy atom. The summed E-state index contributed by atoms with van der Waals surface area (Å²) in [6.45, 7) is 0. The van der Waals surface area contributed by atoms with Crippen LogP contribution in [0.2, 0.25) is 0 Å². The van der Waals surface area contributed by atoms with E-state index in [2.05, 4.69) is 0 Å². The predicted octanol–water partition coefficient (Wildman–Crippen LogP) is 2.51. The molecular formula is C17H22O4S. The maximum absolute atomic E-state index is 12.6. The number of Topliss-reactive ketones (excluding diaryl/α,β-unsaturated/α-hetero) is 1. The number of carbonyl (C=O) groups is 1. The smallest absolute Gasteiger partial charge is 0.140 e. The second-order valence-corrected chi connectivity index (χ2v) is 8.17. The van der Waals surface area contributed by atoms with Gasteiger partial charge in [-0.05, 0) is 43.4 Å². The van der Waals surface area contributed by atoms with Crippen molar-refractivity contribution in [1.29, 1.82) is 0 Å². The van der Waals surface area contributed by atoms with Crippen LogP contribution in [0.5, 0.6) is 11.5 Å². The summed E-state index contributed by atoms with van der Waals surface area (Å²) in [6.07, 6.45) is 4.03. The summed E-state index contributed by atoms with van der Waals surface area (Å²) in [4.78, 5) is 12.6. The molecule has 120 valence electrons. The average molecular weight is 322 g/mol. The molecule has 2 fully saturated rings. The molecule has 2 aliphatic rings. The first-order valence-corrected chi connectivity index (χ1v) is 9.02. The van der Waals surface area contributed by atoms with Crippen LogP contribution < -0.4 is 9.47 Å². The number of hydrogen-bond acceptors (Lipinski definition) is 4. The zero-order chi connectivity index (χ0) is 15.7. The van der Waals surface area contributed by atoms with Gasteiger partial charge >= 0.3 is 0 Å². The SMILES string of the molecule is COc1cc(CC(=O)C2CC3CCC(C2)S3=O)cc(OC)c1. The zero-order valence-corrected chi connectivity index (χ0v) is 13.9. The van der Waals surface area contributed by atoms with Crippen molar-refractivity contribution < 1.29 is 18.5 Å². The molecule has 0 N–H and O–H groups in total. The van der Waals surface area contributed by atoms with Crippen molar-refractivity contribution in [2.45, 2.75) is 42.6 Å². The molecule has 2 bridgehead atoms. The van der Waals surface area contributed by atoms with Crippen LogP contribution >= 0.6 is 0 Å². The van der Waals surface area contributed by atoms with Crippen LogP contribution in [-0.4, -0.2) is 34.7 Å². The number of carbonyl (C=O) groups excluding carboxylic acids is 1. The highest BCUT2D eigenvalue weighted by molar-refractivity contribution is 7.86. The molecule has 4 nitrogen and oxygen atoms in total. The van der Waals surface area contributed by atoms with Gasteiger partial charge in [0.1, 0.15) is 17.3 Å². The molecule has 0 saturated carbocycles. The van der Waals surface area contributed by atoms with Crippen LogP contribution in [0, 0.1) is 5.92 Å². The minimum Gasteiger partial charge on any atom is -0.497 e. The summed E-state index contributed by atoms with van der Waals surface area (Å²) >= 11 is 0. The van der Waals surface area contributed by atoms with Crippen LogP contribution in [0.1, 0.15) is 31.2 Å². The number of fused-ring (bicyclic) bond motifs is 2. The Balaban J connectivity index is 1.71. The number of methoxy groups -OCH3 is 2. The third kappa shape index (κ3) is 3.05. The highest BCUT2D eigenvalue weighted by atomic mass is 32.2. The molecule has 2 saturated heterocycles. The normalized spacial score (nSPS) is 30.1. The predicted molar refractivity (Wildman–Crippen MR) is 85.9 cm³/mol. The fourth-order valence-corrected chi connectivity index (χ4v) is 5.73. The van der Waals surface area contributed by atoms with Crippen LogP contribution in [0.15, 0.2) is 18.2 Å². The topological polar surface area (TPSA) is 52.6 Å². The molecule has 2 unspecified atom stereocenters. The van der Waals surface area contributed by atoms with E-state index in [-0.39, 0.29) is 22.2 Å². The third-order valence-electron chi connectivity index (χ3n) is 4.81. The van der Waals surface area contributed by atoms with E-state index in [1.54, 1.807) is 20.3 Å². The van der Waals surface area contributed by atoms with E-state index >= 15 is 0 Å². The lowest BCUT2D eigenvalue weighted by molar-refractivity contribution is -0.122. The van der Waals surface area contributed by atoms with Gasteiger partial charge in [0.25, 0.3) is 0 Å². The van der Waals surface area contributed by atoms with Gasteiger partial charge in [0, 0.05) is 39.7 Å². The van der Waals surface area contributed by atoms with Crippen LogP contribution in [0.3, 0.4) is 0 Å². The van der Waals surface area contributed by atoms with E-state index in [1.807, 2.05) is 12.1 Å². The Bertz CT molecular complexity index is 560. The maximum atomic E-state index is 12.6. The third-order valence-corrected chi connectivity index (χ3v) is 6.98. The Kier molecular flexibility index (Phi) is 4.52. The lowest BCUT2D eigenvalue weighted by atomic mass is 9.90. The molecule has 2 heterocycles. The van der Waals surface area contributed by atoms with Crippen molar-refractivity contribution in [1.82, 2.24) is 0 Å². The molecule has 0 aromatic heterocycles. The zero-order valence-electron chi connectivity index (χ0n) is 13.0. The number of rotatable bonds is 5. The average Bonchev–Trinajstić information content (AvgIpc) is 2.76. The fraction of sp³-hybridized carbons (Fsp3) is 0.588. The molecule has 1 aromatic rings. The maximum Gasteiger partial charge on any atom is 0.140 e. The molecule has 0 amide bonds. The Hall–Kier alpha value is -1.36. The first-order valence-electron chi connectivity index (χ1n) is 7.74. The molecule has 0 spiro atoms. The number of ketones is 1. The van der Waals surface area contributed by atoms with Crippen molar-refractivity contribution in [2.75, 3.05) is 14.2 Å². The van der Waals surface area contributed by atoms with Crippen molar-refractivity contribution in [3.8, 4) is 11.5 Å². The highest BCUT2D eigenvalue weighted by Crippen LogP contribution is 2.39. The summed E-state index contributed by atoms with van der Waals surface area (Å²) in [6, 6.07) is 5.57. The van der Waals surface area contributed by atoms with Gasteiger partial charge in [0.2, 0.25) is 0 Å². The number of benzene rings is 1. The molecule has 2 atom stereocenters. The summed E-state index contributed by atoms with van der Waals surface area (Å²) < 4.78 is 22.5. The van der Waals surface area contributed by atoms with Gasteiger partial charge in [0.15, 0.2) is 0 Å². The van der Waals surface area contributed by atoms with Gasteiger partial charge < -0.3 is 9.47 Å². The summed E-state index contributed by atoms with van der Waals surface area (Å²) in [5.41, 5.74) is 0.917. The van der Waals surface area contributed by atoms with Crippen molar-refractivity contribution in [2.24, 2.45) is 5.92 Å². The summed E-state index contributed by atoms with van der Waals surface area (Å²) in [5, 5.41) is 0.486. The van der Waals surface area contributed by atoms with Gasteiger partial charge in [-0.1, -0.05) is 0 Å². The minimum absolute atomic E-state index is 0.0624. The van der Waals surface area contributed by atoms with E-state index in [0.29, 0.717) is 17.9 Å². The molecule has 2 aliphatic heterocycles. The van der Waals surface area contributed by atoms with Crippen molar-refractivity contribution in [3.05, 3.63) is 23.8 Å².